The van der Waals surface area contributed by atoms with Crippen molar-refractivity contribution < 1.29 is 8.42 Å². The first-order valence-electron chi connectivity index (χ1n) is 4.63. The van der Waals surface area contributed by atoms with Gasteiger partial charge < -0.3 is 4.98 Å². The summed E-state index contributed by atoms with van der Waals surface area (Å²) in [5, 5.41) is 0.0137. The quantitative estimate of drug-likeness (QED) is 0.843. The second-order valence-corrected chi connectivity index (χ2v) is 5.75. The standard InChI is InChI=1S/C9H9BrN4O2S/c1-6-7(2-3-8(10)13-6)14-17(15,16)9-4-11-5-12-9/h2-5,14H,1H3,(H,11,12). The molecule has 0 spiro atoms. The molecule has 0 aromatic carbocycles. The number of aromatic amines is 1. The number of hydrogen-bond donors (Lipinski definition) is 2. The Bertz CT molecular complexity index is 624. The topological polar surface area (TPSA) is 87.7 Å². The van der Waals surface area contributed by atoms with Crippen LogP contribution in [0.3, 0.4) is 0 Å². The summed E-state index contributed by atoms with van der Waals surface area (Å²) in [6.07, 6.45) is 2.55. The van der Waals surface area contributed by atoms with E-state index in [-0.39, 0.29) is 5.03 Å². The van der Waals surface area contributed by atoms with Gasteiger partial charge in [0.25, 0.3) is 10.0 Å². The zero-order chi connectivity index (χ0) is 12.5. The first-order chi connectivity index (χ1) is 7.99. The van der Waals surface area contributed by atoms with E-state index in [9.17, 15) is 8.42 Å². The lowest BCUT2D eigenvalue weighted by molar-refractivity contribution is 0.598. The normalized spacial score (nSPS) is 11.4. The van der Waals surface area contributed by atoms with Crippen LogP contribution >= 0.6 is 15.9 Å². The third kappa shape index (κ3) is 2.64. The molecule has 0 bridgehead atoms. The van der Waals surface area contributed by atoms with E-state index in [4.69, 9.17) is 0 Å². The number of hydrogen-bond acceptors (Lipinski definition) is 4. The van der Waals surface area contributed by atoms with Crippen LogP contribution in [-0.4, -0.2) is 23.4 Å². The Morgan fingerprint density at radius 2 is 2.18 bits per heavy atom. The van der Waals surface area contributed by atoms with E-state index < -0.39 is 10.0 Å². The third-order valence-corrected chi connectivity index (χ3v) is 3.79. The van der Waals surface area contributed by atoms with E-state index >= 15 is 0 Å². The molecule has 2 aromatic rings. The van der Waals surface area contributed by atoms with Gasteiger partial charge in [0.2, 0.25) is 0 Å². The van der Waals surface area contributed by atoms with Crippen molar-refractivity contribution in [2.45, 2.75) is 11.9 Å². The smallest absolute Gasteiger partial charge is 0.279 e. The fourth-order valence-electron chi connectivity index (χ4n) is 1.23. The second-order valence-electron chi connectivity index (χ2n) is 3.29. The van der Waals surface area contributed by atoms with Crippen molar-refractivity contribution in [2.24, 2.45) is 0 Å². The fourth-order valence-corrected chi connectivity index (χ4v) is 2.65. The molecule has 2 N–H and O–H groups in total. The minimum absolute atomic E-state index is 0.0137. The molecule has 0 aliphatic carbocycles. The number of anilines is 1. The van der Waals surface area contributed by atoms with Crippen LogP contribution in [0.1, 0.15) is 5.69 Å². The number of sulfonamides is 1. The van der Waals surface area contributed by atoms with E-state index in [1.807, 2.05) is 0 Å². The average Bonchev–Trinajstić information content (AvgIpc) is 2.76. The van der Waals surface area contributed by atoms with Gasteiger partial charge in [-0.25, -0.2) is 9.97 Å². The third-order valence-electron chi connectivity index (χ3n) is 2.06. The monoisotopic (exact) mass is 316 g/mol. The van der Waals surface area contributed by atoms with Gasteiger partial charge in [-0.3, -0.25) is 4.72 Å². The summed E-state index contributed by atoms with van der Waals surface area (Å²) in [6.45, 7) is 1.72. The average molecular weight is 317 g/mol. The van der Waals surface area contributed by atoms with Crippen LogP contribution in [0.15, 0.2) is 34.3 Å². The lowest BCUT2D eigenvalue weighted by Crippen LogP contribution is -2.14. The summed E-state index contributed by atoms with van der Waals surface area (Å²) >= 11 is 3.21. The Kier molecular flexibility index (Phi) is 3.16. The molecule has 0 fully saturated rings. The maximum absolute atomic E-state index is 11.9. The molecule has 0 aliphatic heterocycles. The maximum Gasteiger partial charge on any atom is 0.279 e. The van der Waals surface area contributed by atoms with Crippen molar-refractivity contribution in [1.29, 1.82) is 0 Å². The van der Waals surface area contributed by atoms with Crippen LogP contribution in [0.4, 0.5) is 5.69 Å². The molecule has 0 aliphatic rings. The van der Waals surface area contributed by atoms with Crippen molar-refractivity contribution >= 4 is 31.6 Å². The lowest BCUT2D eigenvalue weighted by atomic mass is 10.3. The number of aryl methyl sites for hydroxylation is 1. The van der Waals surface area contributed by atoms with Crippen LogP contribution < -0.4 is 4.72 Å². The molecule has 8 heteroatoms. The van der Waals surface area contributed by atoms with E-state index in [1.165, 1.54) is 12.5 Å². The summed E-state index contributed by atoms with van der Waals surface area (Å²) < 4.78 is 26.8. The molecular formula is C9H9BrN4O2S. The fraction of sp³-hybridized carbons (Fsp3) is 0.111. The number of nitrogens with one attached hydrogen (secondary N) is 2. The van der Waals surface area contributed by atoms with Crippen LogP contribution in [0.25, 0.3) is 0 Å². The van der Waals surface area contributed by atoms with Crippen LogP contribution in [0, 0.1) is 6.92 Å². The predicted molar refractivity (Wildman–Crippen MR) is 66.1 cm³/mol. The molecule has 2 heterocycles. The highest BCUT2D eigenvalue weighted by atomic mass is 79.9. The van der Waals surface area contributed by atoms with Crippen LogP contribution in [0.2, 0.25) is 0 Å². The Balaban J connectivity index is 2.33. The van der Waals surface area contributed by atoms with E-state index in [0.29, 0.717) is 16.0 Å². The molecular weight excluding hydrogens is 308 g/mol. The van der Waals surface area contributed by atoms with Gasteiger partial charge in [-0.2, -0.15) is 8.42 Å². The molecule has 0 saturated heterocycles. The molecule has 2 aromatic heterocycles. The molecule has 90 valence electrons. The number of pyridine rings is 1. The van der Waals surface area contributed by atoms with E-state index in [1.54, 1.807) is 19.1 Å². The SMILES string of the molecule is Cc1nc(Br)ccc1NS(=O)(=O)c1cnc[nH]1. The van der Waals surface area contributed by atoms with Gasteiger partial charge in [0.15, 0.2) is 5.03 Å². The highest BCUT2D eigenvalue weighted by Crippen LogP contribution is 2.19. The van der Waals surface area contributed by atoms with Gasteiger partial charge >= 0.3 is 0 Å². The Hall–Kier alpha value is -1.41. The number of halogens is 1. The molecule has 0 atom stereocenters. The largest absolute Gasteiger partial charge is 0.334 e. The second kappa shape index (κ2) is 4.46. The zero-order valence-electron chi connectivity index (χ0n) is 8.81. The van der Waals surface area contributed by atoms with Crippen LogP contribution in [0.5, 0.6) is 0 Å². The van der Waals surface area contributed by atoms with Gasteiger partial charge in [0.05, 0.1) is 23.9 Å². The van der Waals surface area contributed by atoms with Gasteiger partial charge in [-0.15, -0.1) is 0 Å². The van der Waals surface area contributed by atoms with Gasteiger partial charge in [0, 0.05) is 0 Å². The number of imidazole rings is 1. The van der Waals surface area contributed by atoms with E-state index in [2.05, 4.69) is 35.6 Å². The summed E-state index contributed by atoms with van der Waals surface area (Å²) in [5.41, 5.74) is 1.02. The zero-order valence-corrected chi connectivity index (χ0v) is 11.2. The minimum atomic E-state index is -3.63. The Morgan fingerprint density at radius 3 is 2.76 bits per heavy atom. The summed E-state index contributed by atoms with van der Waals surface area (Å²) in [6, 6.07) is 3.30. The minimum Gasteiger partial charge on any atom is -0.334 e. The van der Waals surface area contributed by atoms with Crippen molar-refractivity contribution in [3.05, 3.63) is 35.0 Å². The predicted octanol–water partition coefficient (Wildman–Crippen LogP) is 1.68. The van der Waals surface area contributed by atoms with Crippen LogP contribution in [-0.2, 0) is 10.0 Å². The summed E-state index contributed by atoms with van der Waals surface area (Å²) in [5.74, 6) is 0. The molecule has 6 nitrogen and oxygen atoms in total. The summed E-state index contributed by atoms with van der Waals surface area (Å²) in [7, 11) is -3.63. The number of aromatic nitrogens is 3. The number of H-pyrrole nitrogens is 1. The molecule has 0 radical (unpaired) electrons. The van der Waals surface area contributed by atoms with Crippen molar-refractivity contribution in [1.82, 2.24) is 15.0 Å². The van der Waals surface area contributed by atoms with Crippen molar-refractivity contribution in [2.75, 3.05) is 4.72 Å². The summed E-state index contributed by atoms with van der Waals surface area (Å²) in [4.78, 5) is 10.3. The highest BCUT2D eigenvalue weighted by Gasteiger charge is 2.16. The lowest BCUT2D eigenvalue weighted by Gasteiger charge is -2.08. The van der Waals surface area contributed by atoms with Gasteiger partial charge in [-0.05, 0) is 35.0 Å². The highest BCUT2D eigenvalue weighted by molar-refractivity contribution is 9.10. The van der Waals surface area contributed by atoms with Gasteiger partial charge in [-0.1, -0.05) is 0 Å². The van der Waals surface area contributed by atoms with Crippen molar-refractivity contribution in [3.8, 4) is 0 Å². The Morgan fingerprint density at radius 1 is 1.41 bits per heavy atom. The van der Waals surface area contributed by atoms with E-state index in [0.717, 1.165) is 0 Å². The molecule has 0 unspecified atom stereocenters. The molecule has 17 heavy (non-hydrogen) atoms. The molecule has 2 rings (SSSR count). The number of nitrogens with zero attached hydrogens (tertiary/aromatic N) is 2. The first-order valence-corrected chi connectivity index (χ1v) is 6.91. The van der Waals surface area contributed by atoms with Crippen molar-refractivity contribution in [3.63, 3.8) is 0 Å². The Labute approximate surface area is 107 Å². The first kappa shape index (κ1) is 12.1. The number of rotatable bonds is 3. The molecule has 0 amide bonds. The maximum atomic E-state index is 11.9. The van der Waals surface area contributed by atoms with Gasteiger partial charge in [0.1, 0.15) is 4.60 Å². The molecule has 0 saturated carbocycles.